The summed E-state index contributed by atoms with van der Waals surface area (Å²) in [5.41, 5.74) is 6.77. The van der Waals surface area contributed by atoms with Crippen LogP contribution in [0.5, 0.6) is 0 Å². The Kier molecular flexibility index (Phi) is 5.92. The Morgan fingerprint density at radius 2 is 2.10 bits per heavy atom. The largest absolute Gasteiger partial charge is 0.409 e. The smallest absolute Gasteiger partial charge is 0.233 e. The zero-order valence-corrected chi connectivity index (χ0v) is 12.8. The predicted octanol–water partition coefficient (Wildman–Crippen LogP) is 1.56. The minimum atomic E-state index is -0.597. The molecule has 1 heterocycles. The number of rotatable bonds is 4. The molecule has 0 radical (unpaired) electrons. The predicted molar refractivity (Wildman–Crippen MR) is 85.6 cm³/mol. The summed E-state index contributed by atoms with van der Waals surface area (Å²) in [4.78, 5) is 14.5. The van der Waals surface area contributed by atoms with Gasteiger partial charge in [0.15, 0.2) is 5.84 Å². The van der Waals surface area contributed by atoms with Gasteiger partial charge < -0.3 is 15.8 Å². The summed E-state index contributed by atoms with van der Waals surface area (Å²) in [7, 11) is 0. The van der Waals surface area contributed by atoms with Crippen molar-refractivity contribution in [2.24, 2.45) is 16.8 Å². The fourth-order valence-electron chi connectivity index (χ4n) is 2.42. The molecule has 114 valence electrons. The van der Waals surface area contributed by atoms with Crippen molar-refractivity contribution >= 4 is 23.5 Å². The first-order valence-electron chi connectivity index (χ1n) is 7.10. The molecule has 0 saturated carbocycles. The molecule has 6 heteroatoms. The first kappa shape index (κ1) is 15.7. The molecule has 0 spiro atoms. The highest BCUT2D eigenvalue weighted by Gasteiger charge is 2.28. The Hall–Kier alpha value is -1.69. The lowest BCUT2D eigenvalue weighted by Gasteiger charge is -2.25. The summed E-state index contributed by atoms with van der Waals surface area (Å²) >= 11 is 1.86. The number of benzene rings is 1. The Morgan fingerprint density at radius 1 is 1.33 bits per heavy atom. The van der Waals surface area contributed by atoms with E-state index in [0.717, 1.165) is 36.6 Å². The second kappa shape index (κ2) is 7.93. The van der Waals surface area contributed by atoms with Gasteiger partial charge in [-0.15, -0.1) is 0 Å². The number of oxime groups is 1. The van der Waals surface area contributed by atoms with Gasteiger partial charge in [0, 0.05) is 18.8 Å². The minimum absolute atomic E-state index is 0.0132. The molecule has 1 aliphatic rings. The number of nitrogens with two attached hydrogens (primary N) is 1. The highest BCUT2D eigenvalue weighted by molar-refractivity contribution is 7.99. The minimum Gasteiger partial charge on any atom is -0.409 e. The Morgan fingerprint density at radius 3 is 2.81 bits per heavy atom. The SMILES string of the molecule is NC(=NO)C(Cc1ccccc1)C(=O)N1CCCSCC1. The Bertz CT molecular complexity index is 485. The third kappa shape index (κ3) is 4.39. The van der Waals surface area contributed by atoms with Crippen LogP contribution in [0.15, 0.2) is 35.5 Å². The number of hydrogen-bond donors (Lipinski definition) is 2. The fourth-order valence-corrected chi connectivity index (χ4v) is 3.31. The third-order valence-corrected chi connectivity index (χ3v) is 4.64. The number of amides is 1. The zero-order chi connectivity index (χ0) is 15.1. The lowest BCUT2D eigenvalue weighted by Crippen LogP contribution is -2.44. The van der Waals surface area contributed by atoms with E-state index in [1.54, 1.807) is 0 Å². The van der Waals surface area contributed by atoms with Crippen LogP contribution in [0.4, 0.5) is 0 Å². The summed E-state index contributed by atoms with van der Waals surface area (Å²) < 4.78 is 0. The van der Waals surface area contributed by atoms with Crippen LogP contribution in [0, 0.1) is 5.92 Å². The van der Waals surface area contributed by atoms with Crippen LogP contribution in [-0.4, -0.2) is 46.4 Å². The number of carbonyl (C=O) groups is 1. The van der Waals surface area contributed by atoms with Gasteiger partial charge in [-0.25, -0.2) is 0 Å². The van der Waals surface area contributed by atoms with Crippen LogP contribution < -0.4 is 5.73 Å². The Labute approximate surface area is 129 Å². The summed E-state index contributed by atoms with van der Waals surface area (Å²) in [5.74, 6) is 1.37. The zero-order valence-electron chi connectivity index (χ0n) is 11.9. The van der Waals surface area contributed by atoms with Crippen LogP contribution in [0.2, 0.25) is 0 Å². The van der Waals surface area contributed by atoms with E-state index in [9.17, 15) is 4.79 Å². The molecule has 5 nitrogen and oxygen atoms in total. The van der Waals surface area contributed by atoms with Gasteiger partial charge in [-0.2, -0.15) is 11.8 Å². The lowest BCUT2D eigenvalue weighted by molar-refractivity contribution is -0.133. The van der Waals surface area contributed by atoms with E-state index in [-0.39, 0.29) is 11.7 Å². The van der Waals surface area contributed by atoms with Crippen molar-refractivity contribution in [3.05, 3.63) is 35.9 Å². The highest BCUT2D eigenvalue weighted by atomic mass is 32.2. The molecule has 1 saturated heterocycles. The molecule has 1 amide bonds. The van der Waals surface area contributed by atoms with Gasteiger partial charge in [-0.3, -0.25) is 4.79 Å². The van der Waals surface area contributed by atoms with Crippen LogP contribution in [0.1, 0.15) is 12.0 Å². The molecule has 3 N–H and O–H groups in total. The van der Waals surface area contributed by atoms with Crippen molar-refractivity contribution in [3.63, 3.8) is 0 Å². The van der Waals surface area contributed by atoms with Crippen LogP contribution in [0.25, 0.3) is 0 Å². The molecule has 0 aromatic heterocycles. The van der Waals surface area contributed by atoms with Crippen molar-refractivity contribution in [2.45, 2.75) is 12.8 Å². The molecule has 21 heavy (non-hydrogen) atoms. The molecule has 0 aliphatic carbocycles. The van der Waals surface area contributed by atoms with Gasteiger partial charge in [0.25, 0.3) is 0 Å². The first-order chi connectivity index (χ1) is 10.2. The van der Waals surface area contributed by atoms with Gasteiger partial charge in [0.2, 0.25) is 5.91 Å². The van der Waals surface area contributed by atoms with E-state index >= 15 is 0 Å². The second-order valence-electron chi connectivity index (χ2n) is 5.06. The normalized spacial score (nSPS) is 18.1. The molecular weight excluding hydrogens is 286 g/mol. The van der Waals surface area contributed by atoms with Gasteiger partial charge in [0.1, 0.15) is 5.92 Å². The summed E-state index contributed by atoms with van der Waals surface area (Å²) in [6.07, 6.45) is 1.45. The standard InChI is InChI=1S/C15H21N3O2S/c16-14(17-20)13(11-12-5-2-1-3-6-12)15(19)18-7-4-9-21-10-8-18/h1-3,5-6,13,20H,4,7-11H2,(H2,16,17). The molecule has 1 aromatic carbocycles. The van der Waals surface area contributed by atoms with Gasteiger partial charge in [0.05, 0.1) is 0 Å². The van der Waals surface area contributed by atoms with Crippen LogP contribution in [0.3, 0.4) is 0 Å². The average molecular weight is 307 g/mol. The Balaban J connectivity index is 2.13. The lowest BCUT2D eigenvalue weighted by atomic mass is 9.96. The molecule has 1 aliphatic heterocycles. The van der Waals surface area contributed by atoms with Crippen molar-refractivity contribution in [2.75, 3.05) is 24.6 Å². The number of carbonyl (C=O) groups excluding carboxylic acids is 1. The number of amidine groups is 1. The topological polar surface area (TPSA) is 78.9 Å². The van der Waals surface area contributed by atoms with E-state index < -0.39 is 5.92 Å². The van der Waals surface area contributed by atoms with E-state index in [4.69, 9.17) is 10.9 Å². The number of nitrogens with zero attached hydrogens (tertiary/aromatic N) is 2. The van der Waals surface area contributed by atoms with E-state index in [1.165, 1.54) is 0 Å². The molecule has 1 fully saturated rings. The van der Waals surface area contributed by atoms with Crippen molar-refractivity contribution in [3.8, 4) is 0 Å². The summed E-state index contributed by atoms with van der Waals surface area (Å²) in [6, 6.07) is 9.67. The van der Waals surface area contributed by atoms with Crippen molar-refractivity contribution < 1.29 is 10.0 Å². The summed E-state index contributed by atoms with van der Waals surface area (Å²) in [5, 5.41) is 12.0. The number of hydrogen-bond acceptors (Lipinski definition) is 4. The first-order valence-corrected chi connectivity index (χ1v) is 8.25. The van der Waals surface area contributed by atoms with Gasteiger partial charge >= 0.3 is 0 Å². The quantitative estimate of drug-likeness (QED) is 0.383. The maximum atomic E-state index is 12.7. The van der Waals surface area contributed by atoms with E-state index in [2.05, 4.69) is 5.16 Å². The highest BCUT2D eigenvalue weighted by Crippen LogP contribution is 2.16. The molecule has 1 atom stereocenters. The maximum Gasteiger partial charge on any atom is 0.233 e. The van der Waals surface area contributed by atoms with E-state index in [0.29, 0.717) is 6.42 Å². The van der Waals surface area contributed by atoms with Crippen molar-refractivity contribution in [1.82, 2.24) is 4.90 Å². The molecule has 1 aromatic rings. The molecular formula is C15H21N3O2S. The summed E-state index contributed by atoms with van der Waals surface area (Å²) in [6.45, 7) is 1.48. The van der Waals surface area contributed by atoms with Gasteiger partial charge in [-0.1, -0.05) is 35.5 Å². The average Bonchev–Trinajstić information content (AvgIpc) is 2.81. The van der Waals surface area contributed by atoms with Crippen LogP contribution in [-0.2, 0) is 11.2 Å². The monoisotopic (exact) mass is 307 g/mol. The number of thioether (sulfide) groups is 1. The third-order valence-electron chi connectivity index (χ3n) is 3.59. The maximum absolute atomic E-state index is 12.7. The molecule has 0 bridgehead atoms. The molecule has 2 rings (SSSR count). The van der Waals surface area contributed by atoms with Gasteiger partial charge in [-0.05, 0) is 24.2 Å². The molecule has 1 unspecified atom stereocenters. The second-order valence-corrected chi connectivity index (χ2v) is 6.28. The fraction of sp³-hybridized carbons (Fsp3) is 0.467. The van der Waals surface area contributed by atoms with Crippen LogP contribution >= 0.6 is 11.8 Å². The van der Waals surface area contributed by atoms with Crippen molar-refractivity contribution in [1.29, 1.82) is 0 Å². The van der Waals surface area contributed by atoms with E-state index in [1.807, 2.05) is 47.0 Å².